The Hall–Kier alpha value is -2.59. The minimum absolute atomic E-state index is 0.0148. The lowest BCUT2D eigenvalue weighted by Gasteiger charge is -2.15. The van der Waals surface area contributed by atoms with E-state index in [1.54, 1.807) is 24.3 Å². The molecule has 0 saturated heterocycles. The van der Waals surface area contributed by atoms with Gasteiger partial charge in [0.2, 0.25) is 5.91 Å². The molecular formula is C21H31N5O4S. The lowest BCUT2D eigenvalue weighted by Crippen LogP contribution is -2.43. The van der Waals surface area contributed by atoms with E-state index < -0.39 is 12.0 Å². The lowest BCUT2D eigenvalue weighted by molar-refractivity contribution is -0.138. The van der Waals surface area contributed by atoms with Gasteiger partial charge in [-0.15, -0.1) is 0 Å². The van der Waals surface area contributed by atoms with E-state index in [4.69, 9.17) is 0 Å². The van der Waals surface area contributed by atoms with E-state index >= 15 is 0 Å². The molecule has 0 radical (unpaired) electrons. The van der Waals surface area contributed by atoms with Crippen LogP contribution in [0.4, 0.5) is 0 Å². The van der Waals surface area contributed by atoms with Crippen molar-refractivity contribution in [2.75, 3.05) is 25.4 Å². The monoisotopic (exact) mass is 449 g/mol. The Labute approximate surface area is 187 Å². The number of aryl methyl sites for hydroxylation is 1. The molecule has 0 aliphatic carbocycles. The SMILES string of the molecule is CC(C)CSNC(CNC(=O)c1ccc(CCC(=O)NC2=NCCCN2)cc1)C(=O)O. The number of nitrogens with zero attached hydrogens (tertiary/aromatic N) is 1. The van der Waals surface area contributed by atoms with Gasteiger partial charge in [-0.2, -0.15) is 0 Å². The molecule has 1 aromatic carbocycles. The van der Waals surface area contributed by atoms with Gasteiger partial charge >= 0.3 is 5.97 Å². The van der Waals surface area contributed by atoms with Crippen LogP contribution in [0.5, 0.6) is 0 Å². The van der Waals surface area contributed by atoms with Crippen LogP contribution in [-0.4, -0.2) is 60.3 Å². The normalized spacial score (nSPS) is 14.4. The molecule has 0 bridgehead atoms. The summed E-state index contributed by atoms with van der Waals surface area (Å²) in [6.07, 6.45) is 1.81. The molecule has 5 N–H and O–H groups in total. The van der Waals surface area contributed by atoms with Crippen LogP contribution in [0.1, 0.15) is 42.6 Å². The molecule has 1 aromatic rings. The molecule has 170 valence electrons. The molecule has 0 saturated carbocycles. The highest BCUT2D eigenvalue weighted by molar-refractivity contribution is 7.97. The number of aliphatic carboxylic acids is 1. The Morgan fingerprint density at radius 2 is 1.97 bits per heavy atom. The average molecular weight is 450 g/mol. The summed E-state index contributed by atoms with van der Waals surface area (Å²) >= 11 is 1.34. The first kappa shape index (κ1) is 24.7. The predicted octanol–water partition coefficient (Wildman–Crippen LogP) is 1.16. The molecule has 10 heteroatoms. The van der Waals surface area contributed by atoms with Crippen molar-refractivity contribution in [3.05, 3.63) is 35.4 Å². The number of carboxylic acids is 1. The van der Waals surface area contributed by atoms with Gasteiger partial charge in [0.05, 0.1) is 0 Å². The second-order valence-corrected chi connectivity index (χ2v) is 8.54. The Morgan fingerprint density at radius 1 is 1.23 bits per heavy atom. The average Bonchev–Trinajstić information content (AvgIpc) is 2.75. The van der Waals surface area contributed by atoms with Gasteiger partial charge in [-0.3, -0.25) is 24.7 Å². The number of benzene rings is 1. The number of hydrogen-bond donors (Lipinski definition) is 5. The molecule has 0 aromatic heterocycles. The fourth-order valence-corrected chi connectivity index (χ4v) is 3.50. The number of carbonyl (C=O) groups excluding carboxylic acids is 2. The molecule has 1 atom stereocenters. The van der Waals surface area contributed by atoms with Gasteiger partial charge in [-0.25, -0.2) is 4.72 Å². The number of carbonyl (C=O) groups is 3. The van der Waals surface area contributed by atoms with E-state index in [-0.39, 0.29) is 18.4 Å². The molecular weight excluding hydrogens is 418 g/mol. The lowest BCUT2D eigenvalue weighted by atomic mass is 10.1. The van der Waals surface area contributed by atoms with Crippen LogP contribution in [0.2, 0.25) is 0 Å². The Morgan fingerprint density at radius 3 is 2.58 bits per heavy atom. The number of guanidine groups is 1. The largest absolute Gasteiger partial charge is 0.480 e. The van der Waals surface area contributed by atoms with Crippen molar-refractivity contribution in [3.63, 3.8) is 0 Å². The second-order valence-electron chi connectivity index (χ2n) is 7.68. The first-order valence-electron chi connectivity index (χ1n) is 10.4. The van der Waals surface area contributed by atoms with Gasteiger partial charge in [0.25, 0.3) is 5.91 Å². The van der Waals surface area contributed by atoms with Crippen LogP contribution in [0.25, 0.3) is 0 Å². The maximum atomic E-state index is 12.3. The van der Waals surface area contributed by atoms with Crippen molar-refractivity contribution in [2.45, 2.75) is 39.2 Å². The van der Waals surface area contributed by atoms with Crippen molar-refractivity contribution >= 4 is 35.7 Å². The van der Waals surface area contributed by atoms with Gasteiger partial charge in [0.1, 0.15) is 6.04 Å². The zero-order valence-electron chi connectivity index (χ0n) is 17.9. The van der Waals surface area contributed by atoms with Gasteiger partial charge in [-0.1, -0.05) is 37.9 Å². The highest BCUT2D eigenvalue weighted by Crippen LogP contribution is 2.08. The third-order valence-corrected chi connectivity index (χ3v) is 5.70. The van der Waals surface area contributed by atoms with Crippen LogP contribution < -0.4 is 20.7 Å². The fraction of sp³-hybridized carbons (Fsp3) is 0.524. The van der Waals surface area contributed by atoms with Crippen molar-refractivity contribution < 1.29 is 19.5 Å². The summed E-state index contributed by atoms with van der Waals surface area (Å²) in [5.41, 5.74) is 1.37. The number of aliphatic imine (C=N–C) groups is 1. The Kier molecular flexibility index (Phi) is 10.3. The third-order valence-electron chi connectivity index (χ3n) is 4.42. The third kappa shape index (κ3) is 9.39. The maximum Gasteiger partial charge on any atom is 0.323 e. The molecule has 0 fully saturated rings. The summed E-state index contributed by atoms with van der Waals surface area (Å²) in [5, 5.41) is 17.7. The van der Waals surface area contributed by atoms with E-state index in [0.29, 0.717) is 36.8 Å². The zero-order chi connectivity index (χ0) is 22.6. The van der Waals surface area contributed by atoms with Gasteiger partial charge in [0, 0.05) is 37.4 Å². The highest BCUT2D eigenvalue weighted by Gasteiger charge is 2.18. The molecule has 1 aliphatic heterocycles. The van der Waals surface area contributed by atoms with E-state index in [0.717, 1.165) is 24.3 Å². The van der Waals surface area contributed by atoms with Gasteiger partial charge in [-0.05, 0) is 36.5 Å². The van der Waals surface area contributed by atoms with E-state index in [2.05, 4.69) is 25.7 Å². The Bertz CT molecular complexity index is 782. The minimum atomic E-state index is -1.01. The number of hydrogen-bond acceptors (Lipinski definition) is 7. The van der Waals surface area contributed by atoms with E-state index in [1.165, 1.54) is 11.9 Å². The van der Waals surface area contributed by atoms with Crippen LogP contribution in [0, 0.1) is 5.92 Å². The van der Waals surface area contributed by atoms with Crippen LogP contribution in [-0.2, 0) is 16.0 Å². The van der Waals surface area contributed by atoms with E-state index in [1.807, 2.05) is 13.8 Å². The second kappa shape index (κ2) is 13.0. The summed E-state index contributed by atoms with van der Waals surface area (Å²) in [6.45, 7) is 5.60. The summed E-state index contributed by atoms with van der Waals surface area (Å²) in [5.74, 6) is 0.274. The number of carboxylic acid groups (broad SMARTS) is 1. The molecule has 1 unspecified atom stereocenters. The van der Waals surface area contributed by atoms with Crippen LogP contribution in [0.3, 0.4) is 0 Å². The summed E-state index contributed by atoms with van der Waals surface area (Å²) < 4.78 is 2.87. The summed E-state index contributed by atoms with van der Waals surface area (Å²) in [6, 6.07) is 6.07. The van der Waals surface area contributed by atoms with E-state index in [9.17, 15) is 19.5 Å². The first-order valence-corrected chi connectivity index (χ1v) is 11.4. The highest BCUT2D eigenvalue weighted by atomic mass is 32.2. The smallest absolute Gasteiger partial charge is 0.323 e. The van der Waals surface area contributed by atoms with Crippen molar-refractivity contribution in [1.29, 1.82) is 0 Å². The maximum absolute atomic E-state index is 12.3. The van der Waals surface area contributed by atoms with Crippen LogP contribution >= 0.6 is 11.9 Å². The van der Waals surface area contributed by atoms with Crippen molar-refractivity contribution in [3.8, 4) is 0 Å². The molecule has 1 aliphatic rings. The standard InChI is InChI=1S/C21H31N5O4S/c1-14(2)13-31-26-17(20(29)30)12-24-19(28)16-7-4-15(5-8-16)6-9-18(27)25-21-22-10-3-11-23-21/h4-5,7-8,14,17,26H,3,6,9-13H2,1-2H3,(H,24,28)(H,29,30)(H2,22,23,25,27). The fourth-order valence-electron chi connectivity index (χ4n) is 2.68. The molecule has 0 spiro atoms. The number of rotatable bonds is 11. The summed E-state index contributed by atoms with van der Waals surface area (Å²) in [7, 11) is 0. The number of amides is 2. The Balaban J connectivity index is 1.76. The minimum Gasteiger partial charge on any atom is -0.480 e. The molecule has 1 heterocycles. The molecule has 2 amide bonds. The van der Waals surface area contributed by atoms with Crippen molar-refractivity contribution in [1.82, 2.24) is 20.7 Å². The molecule has 2 rings (SSSR count). The zero-order valence-corrected chi connectivity index (χ0v) is 18.8. The van der Waals surface area contributed by atoms with Crippen molar-refractivity contribution in [2.24, 2.45) is 10.9 Å². The summed E-state index contributed by atoms with van der Waals surface area (Å²) in [4.78, 5) is 39.9. The quantitative estimate of drug-likeness (QED) is 0.320. The molecule has 9 nitrogen and oxygen atoms in total. The topological polar surface area (TPSA) is 132 Å². The molecule has 31 heavy (non-hydrogen) atoms. The van der Waals surface area contributed by atoms with Gasteiger partial charge < -0.3 is 15.7 Å². The van der Waals surface area contributed by atoms with Gasteiger partial charge in [0.15, 0.2) is 5.96 Å². The van der Waals surface area contributed by atoms with Crippen LogP contribution in [0.15, 0.2) is 29.3 Å². The first-order chi connectivity index (χ1) is 14.8. The number of nitrogens with one attached hydrogen (secondary N) is 4. The predicted molar refractivity (Wildman–Crippen MR) is 122 cm³/mol.